The average molecular weight is 233 g/mol. The molecule has 0 saturated carbocycles. The van der Waals surface area contributed by atoms with Crippen molar-refractivity contribution in [2.45, 2.75) is 12.5 Å². The lowest BCUT2D eigenvalue weighted by Gasteiger charge is -2.09. The number of fused-ring (bicyclic) bond motifs is 1. The van der Waals surface area contributed by atoms with Crippen molar-refractivity contribution >= 4 is 23.3 Å². The summed E-state index contributed by atoms with van der Waals surface area (Å²) in [5.41, 5.74) is 1.71. The molecule has 5 heteroatoms. The van der Waals surface area contributed by atoms with Gasteiger partial charge < -0.3 is 15.4 Å². The van der Waals surface area contributed by atoms with Gasteiger partial charge in [0.1, 0.15) is 7.41 Å². The maximum Gasteiger partial charge on any atom is 0.326 e. The van der Waals surface area contributed by atoms with Crippen LogP contribution in [0.4, 0.5) is 0 Å². The number of aromatic nitrogens is 1. The molecule has 1 amide bonds. The fourth-order valence-corrected chi connectivity index (χ4v) is 1.79. The zero-order valence-electron chi connectivity index (χ0n) is 9.93. The van der Waals surface area contributed by atoms with Gasteiger partial charge in [-0.2, -0.15) is 0 Å². The number of para-hydroxylation sites is 1. The molecule has 1 aromatic heterocycles. The standard InChI is InChI=1S/C12H12N2O3/c15-7-14-11(12(16)17)5-8-6-13-10-4-2-1-3-9(8)10/h1-4,6-7,11,13H,5H2,(H,14,15)(H,16,17)/t11-/m0/s1/i7D. The van der Waals surface area contributed by atoms with Crippen molar-refractivity contribution in [1.82, 2.24) is 10.3 Å². The Kier molecular flexibility index (Phi) is 2.73. The van der Waals surface area contributed by atoms with Crippen LogP contribution in [0.3, 0.4) is 0 Å². The van der Waals surface area contributed by atoms with Crippen LogP contribution in [-0.2, 0) is 16.0 Å². The second-order valence-electron chi connectivity index (χ2n) is 3.70. The topological polar surface area (TPSA) is 82.2 Å². The average Bonchev–Trinajstić information content (AvgIpc) is 2.71. The van der Waals surface area contributed by atoms with Gasteiger partial charge in [0.05, 0.1) is 0 Å². The lowest BCUT2D eigenvalue weighted by atomic mass is 10.1. The van der Waals surface area contributed by atoms with Crippen LogP contribution in [0.1, 0.15) is 6.93 Å². The van der Waals surface area contributed by atoms with E-state index in [4.69, 9.17) is 6.48 Å². The smallest absolute Gasteiger partial charge is 0.326 e. The van der Waals surface area contributed by atoms with E-state index in [9.17, 15) is 9.59 Å². The van der Waals surface area contributed by atoms with Crippen LogP contribution in [-0.4, -0.2) is 28.5 Å². The van der Waals surface area contributed by atoms with Crippen LogP contribution < -0.4 is 5.32 Å². The summed E-state index contributed by atoms with van der Waals surface area (Å²) in [5.74, 6) is -1.15. The molecular weight excluding hydrogens is 220 g/mol. The number of amides is 1. The summed E-state index contributed by atoms with van der Waals surface area (Å²) in [6.07, 6.45) is 0.767. The Hall–Kier alpha value is -2.30. The minimum atomic E-state index is -1.15. The van der Waals surface area contributed by atoms with Crippen LogP contribution in [0.2, 0.25) is 0 Å². The van der Waals surface area contributed by atoms with Gasteiger partial charge in [0.25, 0.3) is 0 Å². The molecule has 5 nitrogen and oxygen atoms in total. The minimum Gasteiger partial charge on any atom is -0.480 e. The number of H-pyrrole nitrogens is 1. The third-order valence-electron chi connectivity index (χ3n) is 2.63. The molecule has 88 valence electrons. The minimum absolute atomic E-state index is 0.143. The maximum atomic E-state index is 11.0. The highest BCUT2D eigenvalue weighted by Crippen LogP contribution is 2.18. The van der Waals surface area contributed by atoms with E-state index in [1.165, 1.54) is 0 Å². The molecule has 1 heterocycles. The Morgan fingerprint density at radius 2 is 2.35 bits per heavy atom. The molecule has 1 atom stereocenters. The van der Waals surface area contributed by atoms with Gasteiger partial charge in [-0.3, -0.25) is 4.79 Å². The van der Waals surface area contributed by atoms with Gasteiger partial charge in [-0.25, -0.2) is 4.79 Å². The SMILES string of the molecule is [2H]C(=O)N[C@@H](Cc1c[nH]c2ccccc12)C(=O)O. The van der Waals surface area contributed by atoms with E-state index >= 15 is 0 Å². The summed E-state index contributed by atoms with van der Waals surface area (Å²) >= 11 is 0. The summed E-state index contributed by atoms with van der Waals surface area (Å²) in [7, 11) is 0. The van der Waals surface area contributed by atoms with Gasteiger partial charge in [-0.1, -0.05) is 18.2 Å². The van der Waals surface area contributed by atoms with E-state index in [1.807, 2.05) is 24.3 Å². The predicted octanol–water partition coefficient (Wildman–Crippen LogP) is 0.910. The second-order valence-corrected chi connectivity index (χ2v) is 3.70. The highest BCUT2D eigenvalue weighted by atomic mass is 16.4. The molecule has 0 saturated heterocycles. The largest absolute Gasteiger partial charge is 0.480 e. The van der Waals surface area contributed by atoms with Gasteiger partial charge in [0, 0.05) is 23.5 Å². The molecule has 0 radical (unpaired) electrons. The van der Waals surface area contributed by atoms with Crippen molar-refractivity contribution in [3.63, 3.8) is 0 Å². The molecule has 2 aromatic rings. The quantitative estimate of drug-likeness (QED) is 0.686. The molecular formula is C12H12N2O3. The number of carboxylic acid groups (broad SMARTS) is 1. The van der Waals surface area contributed by atoms with Crippen molar-refractivity contribution in [2.24, 2.45) is 0 Å². The predicted molar refractivity (Wildman–Crippen MR) is 62.6 cm³/mol. The van der Waals surface area contributed by atoms with Gasteiger partial charge in [0.2, 0.25) is 6.39 Å². The molecule has 0 fully saturated rings. The van der Waals surface area contributed by atoms with Crippen molar-refractivity contribution < 1.29 is 16.1 Å². The first-order valence-electron chi connectivity index (χ1n) is 5.63. The summed E-state index contributed by atoms with van der Waals surface area (Å²) in [5, 5.41) is 12.0. The van der Waals surface area contributed by atoms with E-state index in [0.29, 0.717) is 0 Å². The molecule has 1 aromatic carbocycles. The summed E-state index contributed by atoms with van der Waals surface area (Å²) in [6, 6.07) is 6.41. The number of hydrogen-bond acceptors (Lipinski definition) is 2. The molecule has 0 spiro atoms. The number of aromatic amines is 1. The number of nitrogens with one attached hydrogen (secondary N) is 2. The van der Waals surface area contributed by atoms with Crippen molar-refractivity contribution in [3.05, 3.63) is 36.0 Å². The maximum absolute atomic E-state index is 11.0. The monoisotopic (exact) mass is 233 g/mol. The number of aliphatic carboxylic acids is 1. The number of carboxylic acids is 1. The van der Waals surface area contributed by atoms with E-state index in [0.717, 1.165) is 16.5 Å². The second kappa shape index (κ2) is 4.69. The zero-order chi connectivity index (χ0) is 13.1. The number of rotatable bonds is 4. The normalized spacial score (nSPS) is 13.1. The fourth-order valence-electron chi connectivity index (χ4n) is 1.79. The van der Waals surface area contributed by atoms with Crippen LogP contribution in [0, 0.1) is 0 Å². The van der Waals surface area contributed by atoms with Gasteiger partial charge >= 0.3 is 5.97 Å². The Balaban J connectivity index is 2.26. The van der Waals surface area contributed by atoms with Gasteiger partial charge in [-0.15, -0.1) is 0 Å². The summed E-state index contributed by atoms with van der Waals surface area (Å²) in [4.78, 5) is 24.7. The first kappa shape index (κ1) is 9.89. The van der Waals surface area contributed by atoms with Gasteiger partial charge in [0.15, 0.2) is 0 Å². The summed E-state index contributed by atoms with van der Waals surface area (Å²) < 4.78 is 6.77. The Bertz CT molecular complexity index is 594. The molecule has 2 rings (SSSR count). The lowest BCUT2D eigenvalue weighted by Crippen LogP contribution is -2.37. The molecule has 3 N–H and O–H groups in total. The van der Waals surface area contributed by atoms with Crippen LogP contribution in [0.25, 0.3) is 10.9 Å². The van der Waals surface area contributed by atoms with E-state index in [1.54, 1.807) is 6.20 Å². The molecule has 0 unspecified atom stereocenters. The Morgan fingerprint density at radius 1 is 1.59 bits per heavy atom. The lowest BCUT2D eigenvalue weighted by molar-refractivity contribution is -0.140. The van der Waals surface area contributed by atoms with Crippen molar-refractivity contribution in [1.29, 1.82) is 0 Å². The zero-order valence-corrected chi connectivity index (χ0v) is 8.93. The first-order chi connectivity index (χ1) is 8.58. The fraction of sp³-hybridized carbons (Fsp3) is 0.167. The van der Waals surface area contributed by atoms with Crippen LogP contribution >= 0.6 is 0 Å². The Morgan fingerprint density at radius 3 is 3.06 bits per heavy atom. The molecule has 0 aliphatic rings. The number of benzene rings is 1. The highest BCUT2D eigenvalue weighted by molar-refractivity contribution is 5.84. The highest BCUT2D eigenvalue weighted by Gasteiger charge is 2.18. The van der Waals surface area contributed by atoms with Gasteiger partial charge in [-0.05, 0) is 11.6 Å². The molecule has 0 aliphatic heterocycles. The third-order valence-corrected chi connectivity index (χ3v) is 2.63. The number of carbonyl (C=O) groups is 2. The van der Waals surface area contributed by atoms with Crippen molar-refractivity contribution in [3.8, 4) is 0 Å². The number of carbonyl (C=O) groups excluding carboxylic acids is 1. The molecule has 0 bridgehead atoms. The molecule has 17 heavy (non-hydrogen) atoms. The van der Waals surface area contributed by atoms with Crippen LogP contribution in [0.5, 0.6) is 0 Å². The van der Waals surface area contributed by atoms with E-state index < -0.39 is 18.4 Å². The third kappa shape index (κ3) is 2.28. The van der Waals surface area contributed by atoms with Crippen molar-refractivity contribution in [2.75, 3.05) is 0 Å². The number of hydrogen-bond donors (Lipinski definition) is 3. The molecule has 0 aliphatic carbocycles. The Labute approximate surface area is 98.9 Å². The summed E-state index contributed by atoms with van der Waals surface area (Å²) in [6.45, 7) is 0. The first-order valence-corrected chi connectivity index (χ1v) is 5.13. The van der Waals surface area contributed by atoms with Crippen LogP contribution in [0.15, 0.2) is 30.5 Å². The van der Waals surface area contributed by atoms with E-state index in [2.05, 4.69) is 10.3 Å². The van der Waals surface area contributed by atoms with E-state index in [-0.39, 0.29) is 6.42 Å².